The molecule has 5 nitrogen and oxygen atoms in total. The first-order valence-corrected chi connectivity index (χ1v) is 7.70. The van der Waals surface area contributed by atoms with Gasteiger partial charge in [0.05, 0.1) is 6.61 Å². The van der Waals surface area contributed by atoms with Crippen molar-refractivity contribution in [3.63, 3.8) is 0 Å². The fraction of sp³-hybridized carbons (Fsp3) is 0.278. The summed E-state index contributed by atoms with van der Waals surface area (Å²) < 4.78 is 5.44. The molecule has 0 radical (unpaired) electrons. The number of urea groups is 1. The summed E-state index contributed by atoms with van der Waals surface area (Å²) in [6.07, 6.45) is 0. The zero-order valence-corrected chi connectivity index (χ0v) is 13.5. The van der Waals surface area contributed by atoms with Crippen LogP contribution in [0.4, 0.5) is 10.5 Å². The maximum Gasteiger partial charge on any atom is 0.316 e. The summed E-state index contributed by atoms with van der Waals surface area (Å²) in [7, 11) is 0. The minimum atomic E-state index is -0.556. The largest absolute Gasteiger partial charge is 0.494 e. The zero-order chi connectivity index (χ0) is 16.7. The predicted molar refractivity (Wildman–Crippen MR) is 92.5 cm³/mol. The quantitative estimate of drug-likeness (QED) is 0.733. The van der Waals surface area contributed by atoms with E-state index in [0.29, 0.717) is 12.3 Å². The Morgan fingerprint density at radius 1 is 1.13 bits per heavy atom. The molecule has 0 aliphatic rings. The number of rotatable bonds is 7. The van der Waals surface area contributed by atoms with Gasteiger partial charge < -0.3 is 21.1 Å². The molecule has 122 valence electrons. The molecule has 0 saturated heterocycles. The van der Waals surface area contributed by atoms with E-state index in [1.807, 2.05) is 43.3 Å². The molecule has 2 amide bonds. The van der Waals surface area contributed by atoms with E-state index in [4.69, 9.17) is 10.5 Å². The molecule has 0 spiro atoms. The van der Waals surface area contributed by atoms with Crippen molar-refractivity contribution in [2.24, 2.45) is 5.73 Å². The van der Waals surface area contributed by atoms with E-state index in [9.17, 15) is 4.79 Å². The molecule has 0 bridgehead atoms. The standard InChI is InChI=1S/C18H23N3O2/c1-3-23-17-10-4-14(5-11-17)12-20-13(2)15-6-8-16(9-7-15)21-18(19)22/h4-11,13,20H,3,12H2,1-2H3,(H3,19,21,22). The van der Waals surface area contributed by atoms with Crippen molar-refractivity contribution in [3.05, 3.63) is 59.7 Å². The molecular formula is C18H23N3O2. The fourth-order valence-corrected chi connectivity index (χ4v) is 2.26. The Labute approximate surface area is 136 Å². The van der Waals surface area contributed by atoms with Crippen LogP contribution in [0.5, 0.6) is 5.75 Å². The minimum absolute atomic E-state index is 0.198. The lowest BCUT2D eigenvalue weighted by atomic mass is 10.1. The van der Waals surface area contributed by atoms with Crippen molar-refractivity contribution in [2.45, 2.75) is 26.4 Å². The van der Waals surface area contributed by atoms with Crippen LogP contribution in [0.3, 0.4) is 0 Å². The van der Waals surface area contributed by atoms with Crippen LogP contribution in [0.15, 0.2) is 48.5 Å². The number of nitrogens with one attached hydrogen (secondary N) is 2. The van der Waals surface area contributed by atoms with E-state index in [0.717, 1.165) is 17.9 Å². The molecule has 5 heteroatoms. The number of amides is 2. The molecule has 2 aromatic rings. The topological polar surface area (TPSA) is 76.4 Å². The highest BCUT2D eigenvalue weighted by Crippen LogP contribution is 2.17. The van der Waals surface area contributed by atoms with Crippen LogP contribution in [-0.4, -0.2) is 12.6 Å². The highest BCUT2D eigenvalue weighted by Gasteiger charge is 2.05. The van der Waals surface area contributed by atoms with E-state index >= 15 is 0 Å². The smallest absolute Gasteiger partial charge is 0.316 e. The van der Waals surface area contributed by atoms with Gasteiger partial charge in [0.2, 0.25) is 0 Å². The molecular weight excluding hydrogens is 290 g/mol. The van der Waals surface area contributed by atoms with Gasteiger partial charge in [0, 0.05) is 18.3 Å². The van der Waals surface area contributed by atoms with E-state index in [-0.39, 0.29) is 6.04 Å². The van der Waals surface area contributed by atoms with Gasteiger partial charge in [-0.3, -0.25) is 0 Å². The van der Waals surface area contributed by atoms with Crippen molar-refractivity contribution in [1.29, 1.82) is 0 Å². The third kappa shape index (κ3) is 5.30. The third-order valence-corrected chi connectivity index (χ3v) is 3.52. The van der Waals surface area contributed by atoms with Crippen molar-refractivity contribution >= 4 is 11.7 Å². The number of primary amides is 1. The van der Waals surface area contributed by atoms with Gasteiger partial charge in [-0.1, -0.05) is 24.3 Å². The molecule has 0 aliphatic heterocycles. The van der Waals surface area contributed by atoms with Gasteiger partial charge in [0.1, 0.15) is 5.75 Å². The molecule has 2 rings (SSSR count). The second kappa shape index (κ2) is 8.19. The molecule has 0 heterocycles. The summed E-state index contributed by atoms with van der Waals surface area (Å²) in [5.41, 5.74) is 8.13. The first-order chi connectivity index (χ1) is 11.1. The van der Waals surface area contributed by atoms with Crippen LogP contribution in [0, 0.1) is 0 Å². The monoisotopic (exact) mass is 313 g/mol. The zero-order valence-electron chi connectivity index (χ0n) is 13.5. The lowest BCUT2D eigenvalue weighted by Gasteiger charge is -2.15. The SMILES string of the molecule is CCOc1ccc(CNC(C)c2ccc(NC(N)=O)cc2)cc1. The summed E-state index contributed by atoms with van der Waals surface area (Å²) in [5.74, 6) is 0.891. The van der Waals surface area contributed by atoms with Crippen LogP contribution >= 0.6 is 0 Å². The molecule has 1 unspecified atom stereocenters. The van der Waals surface area contributed by atoms with Crippen LogP contribution in [0.25, 0.3) is 0 Å². The van der Waals surface area contributed by atoms with Crippen LogP contribution in [0.2, 0.25) is 0 Å². The summed E-state index contributed by atoms with van der Waals surface area (Å²) in [4.78, 5) is 10.8. The molecule has 0 aromatic heterocycles. The number of anilines is 1. The molecule has 2 aromatic carbocycles. The number of hydrogen-bond donors (Lipinski definition) is 3. The van der Waals surface area contributed by atoms with E-state index < -0.39 is 6.03 Å². The minimum Gasteiger partial charge on any atom is -0.494 e. The van der Waals surface area contributed by atoms with Crippen LogP contribution in [0.1, 0.15) is 31.0 Å². The number of ether oxygens (including phenoxy) is 1. The summed E-state index contributed by atoms with van der Waals surface area (Å²) in [6, 6.07) is 15.4. The number of carbonyl (C=O) groups is 1. The molecule has 0 saturated carbocycles. The Morgan fingerprint density at radius 3 is 2.35 bits per heavy atom. The predicted octanol–water partition coefficient (Wildman–Crippen LogP) is 3.43. The van der Waals surface area contributed by atoms with Crippen LogP contribution < -0.4 is 21.1 Å². The fourth-order valence-electron chi connectivity index (χ4n) is 2.26. The normalized spacial score (nSPS) is 11.7. The molecule has 0 aliphatic carbocycles. The maximum absolute atomic E-state index is 10.8. The van der Waals surface area contributed by atoms with E-state index in [1.165, 1.54) is 5.56 Å². The highest BCUT2D eigenvalue weighted by molar-refractivity contribution is 5.87. The van der Waals surface area contributed by atoms with Gasteiger partial charge in [-0.25, -0.2) is 4.79 Å². The van der Waals surface area contributed by atoms with Crippen molar-refractivity contribution in [2.75, 3.05) is 11.9 Å². The lowest BCUT2D eigenvalue weighted by molar-refractivity contribution is 0.259. The average Bonchev–Trinajstić information content (AvgIpc) is 2.54. The van der Waals surface area contributed by atoms with Crippen molar-refractivity contribution in [3.8, 4) is 5.75 Å². The first kappa shape index (κ1) is 16.8. The summed E-state index contributed by atoms with van der Waals surface area (Å²) in [6.45, 7) is 5.52. The summed E-state index contributed by atoms with van der Waals surface area (Å²) in [5, 5.41) is 6.02. The van der Waals surface area contributed by atoms with Gasteiger partial charge in [-0.2, -0.15) is 0 Å². The van der Waals surface area contributed by atoms with Crippen LogP contribution in [-0.2, 0) is 6.54 Å². The third-order valence-electron chi connectivity index (χ3n) is 3.52. The number of nitrogens with two attached hydrogens (primary N) is 1. The van der Waals surface area contributed by atoms with Gasteiger partial charge in [0.15, 0.2) is 0 Å². The molecule has 0 fully saturated rings. The van der Waals surface area contributed by atoms with Crippen molar-refractivity contribution < 1.29 is 9.53 Å². The number of hydrogen-bond acceptors (Lipinski definition) is 3. The maximum atomic E-state index is 10.8. The van der Waals surface area contributed by atoms with E-state index in [2.05, 4.69) is 29.7 Å². The summed E-state index contributed by atoms with van der Waals surface area (Å²) >= 11 is 0. The number of carbonyl (C=O) groups excluding carboxylic acids is 1. The molecule has 4 N–H and O–H groups in total. The molecule has 23 heavy (non-hydrogen) atoms. The van der Waals surface area contributed by atoms with Crippen molar-refractivity contribution in [1.82, 2.24) is 5.32 Å². The second-order valence-corrected chi connectivity index (χ2v) is 5.29. The number of benzene rings is 2. The van der Waals surface area contributed by atoms with Gasteiger partial charge in [-0.05, 0) is 49.2 Å². The Balaban J connectivity index is 1.88. The average molecular weight is 313 g/mol. The second-order valence-electron chi connectivity index (χ2n) is 5.29. The van der Waals surface area contributed by atoms with Gasteiger partial charge in [0.25, 0.3) is 0 Å². The Kier molecular flexibility index (Phi) is 6.00. The van der Waals surface area contributed by atoms with Gasteiger partial charge in [-0.15, -0.1) is 0 Å². The van der Waals surface area contributed by atoms with E-state index in [1.54, 1.807) is 0 Å². The Morgan fingerprint density at radius 2 is 1.78 bits per heavy atom. The molecule has 1 atom stereocenters. The first-order valence-electron chi connectivity index (χ1n) is 7.70. The lowest BCUT2D eigenvalue weighted by Crippen LogP contribution is -2.20. The Bertz CT molecular complexity index is 624. The highest BCUT2D eigenvalue weighted by atomic mass is 16.5. The van der Waals surface area contributed by atoms with Gasteiger partial charge >= 0.3 is 6.03 Å². The Hall–Kier alpha value is -2.53.